The van der Waals surface area contributed by atoms with Crippen LogP contribution in [0.25, 0.3) is 11.1 Å². The first-order chi connectivity index (χ1) is 17.1. The van der Waals surface area contributed by atoms with Crippen LogP contribution in [0.15, 0.2) is 42.5 Å². The second-order valence-corrected chi connectivity index (χ2v) is 10.7. The fourth-order valence-corrected chi connectivity index (χ4v) is 6.12. The topological polar surface area (TPSA) is 35.5 Å². The lowest BCUT2D eigenvalue weighted by Gasteiger charge is -2.28. The molecule has 0 unspecified atom stereocenters. The summed E-state index contributed by atoms with van der Waals surface area (Å²) in [6.45, 7) is 4.47. The van der Waals surface area contributed by atoms with E-state index in [-0.39, 0.29) is 11.9 Å². The van der Waals surface area contributed by atoms with Gasteiger partial charge in [0.15, 0.2) is 0 Å². The highest BCUT2D eigenvalue weighted by molar-refractivity contribution is 5.68. The molecule has 0 aliphatic heterocycles. The van der Waals surface area contributed by atoms with E-state index in [1.807, 2.05) is 6.07 Å². The zero-order chi connectivity index (χ0) is 24.6. The van der Waals surface area contributed by atoms with Crippen LogP contribution in [0.2, 0.25) is 0 Å². The number of hydrogen-bond acceptors (Lipinski definition) is 3. The third kappa shape index (κ3) is 7.08. The van der Waals surface area contributed by atoms with Gasteiger partial charge >= 0.3 is 6.16 Å². The van der Waals surface area contributed by atoms with Gasteiger partial charge in [0.25, 0.3) is 0 Å². The quantitative estimate of drug-likeness (QED) is 0.279. The SMILES string of the molecule is CCCC1CCC(OC(=O)Oc2ccc(-c3ccc(C4CCC(CCC)CC4)cc3F)cc2)CC1. The Bertz CT molecular complexity index is 938. The van der Waals surface area contributed by atoms with Crippen molar-refractivity contribution in [2.45, 2.75) is 103 Å². The van der Waals surface area contributed by atoms with E-state index in [1.165, 1.54) is 38.5 Å². The molecule has 35 heavy (non-hydrogen) atoms. The zero-order valence-corrected chi connectivity index (χ0v) is 21.4. The lowest BCUT2D eigenvalue weighted by molar-refractivity contribution is 0.0330. The Labute approximate surface area is 210 Å². The van der Waals surface area contributed by atoms with Crippen molar-refractivity contribution in [3.05, 3.63) is 53.8 Å². The van der Waals surface area contributed by atoms with Crippen LogP contribution in [0.3, 0.4) is 0 Å². The molecule has 2 fully saturated rings. The molecule has 0 amide bonds. The molecule has 3 nitrogen and oxygen atoms in total. The summed E-state index contributed by atoms with van der Waals surface area (Å²) in [5, 5.41) is 0. The van der Waals surface area contributed by atoms with E-state index in [0.29, 0.717) is 17.2 Å². The molecular formula is C31H41FO3. The fraction of sp³-hybridized carbons (Fsp3) is 0.581. The number of carbonyl (C=O) groups is 1. The molecule has 0 saturated heterocycles. The highest BCUT2D eigenvalue weighted by Gasteiger charge is 2.25. The van der Waals surface area contributed by atoms with E-state index in [0.717, 1.165) is 61.5 Å². The molecule has 0 bridgehead atoms. The standard InChI is InChI=1S/C31H41FO3/c1-3-5-22-7-11-24(12-8-22)26-15-20-29(30(32)21-26)25-13-18-28(19-14-25)35-31(33)34-27-16-9-23(6-4-2)10-17-27/h13-15,18-24,27H,3-12,16-17H2,1-2H3. The number of rotatable bonds is 8. The minimum atomic E-state index is -0.652. The average Bonchev–Trinajstić information content (AvgIpc) is 2.87. The number of carbonyl (C=O) groups excluding carboxylic acids is 1. The molecule has 2 aliphatic rings. The monoisotopic (exact) mass is 480 g/mol. The number of hydrogen-bond donors (Lipinski definition) is 0. The molecule has 2 aromatic carbocycles. The molecule has 190 valence electrons. The van der Waals surface area contributed by atoms with Crippen molar-refractivity contribution in [3.63, 3.8) is 0 Å². The molecule has 0 heterocycles. The summed E-state index contributed by atoms with van der Waals surface area (Å²) in [6.07, 6.45) is 13.2. The molecule has 0 radical (unpaired) electrons. The van der Waals surface area contributed by atoms with Crippen LogP contribution in [-0.2, 0) is 4.74 Å². The summed E-state index contributed by atoms with van der Waals surface area (Å²) in [7, 11) is 0. The van der Waals surface area contributed by atoms with Crippen molar-refractivity contribution < 1.29 is 18.7 Å². The van der Waals surface area contributed by atoms with E-state index in [1.54, 1.807) is 30.3 Å². The van der Waals surface area contributed by atoms with Crippen LogP contribution in [0.5, 0.6) is 5.75 Å². The van der Waals surface area contributed by atoms with Gasteiger partial charge in [0.1, 0.15) is 17.7 Å². The van der Waals surface area contributed by atoms with E-state index in [4.69, 9.17) is 9.47 Å². The van der Waals surface area contributed by atoms with Gasteiger partial charge in [-0.1, -0.05) is 63.8 Å². The zero-order valence-electron chi connectivity index (χ0n) is 21.4. The van der Waals surface area contributed by atoms with E-state index in [9.17, 15) is 4.79 Å². The third-order valence-corrected chi connectivity index (χ3v) is 8.13. The lowest BCUT2D eigenvalue weighted by atomic mass is 9.77. The van der Waals surface area contributed by atoms with Crippen LogP contribution in [0.1, 0.15) is 102 Å². The summed E-state index contributed by atoms with van der Waals surface area (Å²) in [6, 6.07) is 12.7. The van der Waals surface area contributed by atoms with Crippen molar-refractivity contribution in [1.29, 1.82) is 0 Å². The molecule has 2 aliphatic carbocycles. The van der Waals surface area contributed by atoms with E-state index >= 15 is 4.39 Å². The average molecular weight is 481 g/mol. The van der Waals surface area contributed by atoms with Gasteiger partial charge in [-0.15, -0.1) is 0 Å². The Hall–Kier alpha value is -2.36. The maximum atomic E-state index is 15.0. The first kappa shape index (κ1) is 25.7. The smallest absolute Gasteiger partial charge is 0.431 e. The first-order valence-electron chi connectivity index (χ1n) is 13.8. The summed E-state index contributed by atoms with van der Waals surface area (Å²) < 4.78 is 25.9. The van der Waals surface area contributed by atoms with Crippen molar-refractivity contribution in [1.82, 2.24) is 0 Å². The molecule has 0 aromatic heterocycles. The Morgan fingerprint density at radius 1 is 0.829 bits per heavy atom. The van der Waals surface area contributed by atoms with Gasteiger partial charge in [0, 0.05) is 5.56 Å². The van der Waals surface area contributed by atoms with Crippen LogP contribution in [-0.4, -0.2) is 12.3 Å². The largest absolute Gasteiger partial charge is 0.514 e. The van der Waals surface area contributed by atoms with Crippen molar-refractivity contribution in [3.8, 4) is 16.9 Å². The van der Waals surface area contributed by atoms with Crippen molar-refractivity contribution in [2.75, 3.05) is 0 Å². The Morgan fingerprint density at radius 2 is 1.43 bits per heavy atom. The van der Waals surface area contributed by atoms with Crippen LogP contribution in [0.4, 0.5) is 9.18 Å². The minimum absolute atomic E-state index is 0.0517. The summed E-state index contributed by atoms with van der Waals surface area (Å²) in [5.74, 6) is 2.30. The number of halogens is 1. The summed E-state index contributed by atoms with van der Waals surface area (Å²) >= 11 is 0. The van der Waals surface area contributed by atoms with Gasteiger partial charge in [0.2, 0.25) is 0 Å². The predicted octanol–water partition coefficient (Wildman–Crippen LogP) is 9.44. The third-order valence-electron chi connectivity index (χ3n) is 8.13. The molecule has 0 spiro atoms. The molecule has 0 N–H and O–H groups in total. The Balaban J connectivity index is 1.29. The second-order valence-electron chi connectivity index (χ2n) is 10.7. The molecule has 2 aromatic rings. The molecule has 4 heteroatoms. The predicted molar refractivity (Wildman–Crippen MR) is 139 cm³/mol. The first-order valence-corrected chi connectivity index (χ1v) is 13.8. The van der Waals surface area contributed by atoms with Crippen LogP contribution in [0, 0.1) is 17.7 Å². The van der Waals surface area contributed by atoms with Crippen LogP contribution >= 0.6 is 0 Å². The van der Waals surface area contributed by atoms with Gasteiger partial charge < -0.3 is 9.47 Å². The summed E-state index contributed by atoms with van der Waals surface area (Å²) in [4.78, 5) is 12.2. The maximum absolute atomic E-state index is 15.0. The fourth-order valence-electron chi connectivity index (χ4n) is 6.12. The molecule has 2 saturated carbocycles. The molecule has 4 rings (SSSR count). The molecular weight excluding hydrogens is 439 g/mol. The van der Waals surface area contributed by atoms with Gasteiger partial charge in [0.05, 0.1) is 0 Å². The van der Waals surface area contributed by atoms with Gasteiger partial charge in [-0.25, -0.2) is 9.18 Å². The minimum Gasteiger partial charge on any atom is -0.431 e. The van der Waals surface area contributed by atoms with Gasteiger partial charge in [-0.05, 0) is 98.4 Å². The molecule has 0 atom stereocenters. The Morgan fingerprint density at radius 3 is 2.00 bits per heavy atom. The van der Waals surface area contributed by atoms with Crippen LogP contribution < -0.4 is 4.74 Å². The number of ether oxygens (including phenoxy) is 2. The van der Waals surface area contributed by atoms with E-state index < -0.39 is 6.16 Å². The van der Waals surface area contributed by atoms with Crippen molar-refractivity contribution in [2.24, 2.45) is 11.8 Å². The Kier molecular flexibility index (Phi) is 9.23. The van der Waals surface area contributed by atoms with E-state index in [2.05, 4.69) is 19.9 Å². The van der Waals surface area contributed by atoms with Gasteiger partial charge in [-0.2, -0.15) is 0 Å². The highest BCUT2D eigenvalue weighted by Crippen LogP contribution is 2.39. The lowest BCUT2D eigenvalue weighted by Crippen LogP contribution is -2.26. The maximum Gasteiger partial charge on any atom is 0.514 e. The van der Waals surface area contributed by atoms with Gasteiger partial charge in [-0.3, -0.25) is 0 Å². The van der Waals surface area contributed by atoms with Crippen molar-refractivity contribution >= 4 is 6.16 Å². The highest BCUT2D eigenvalue weighted by atomic mass is 19.1. The second kappa shape index (κ2) is 12.6. The number of benzene rings is 2. The normalized spacial score (nSPS) is 24.7. The summed E-state index contributed by atoms with van der Waals surface area (Å²) in [5.41, 5.74) is 2.47.